The van der Waals surface area contributed by atoms with Crippen LogP contribution in [0.15, 0.2) is 28.7 Å². The van der Waals surface area contributed by atoms with Gasteiger partial charge in [0, 0.05) is 25.2 Å². The average Bonchev–Trinajstić information content (AvgIpc) is 2.86. The highest BCUT2D eigenvalue weighted by molar-refractivity contribution is 6.33. The zero-order valence-corrected chi connectivity index (χ0v) is 13.0. The van der Waals surface area contributed by atoms with Gasteiger partial charge in [0.15, 0.2) is 0 Å². The molecule has 2 atom stereocenters. The van der Waals surface area contributed by atoms with Crippen LogP contribution in [0.1, 0.15) is 19.7 Å². The summed E-state index contributed by atoms with van der Waals surface area (Å²) in [5.74, 6) is 1.11. The topological polar surface area (TPSA) is 54.2 Å². The Morgan fingerprint density at radius 1 is 1.24 bits per heavy atom. The average molecular weight is 307 g/mol. The lowest BCUT2D eigenvalue weighted by Gasteiger charge is -2.35. The molecular formula is C15H19ClN4O. The summed E-state index contributed by atoms with van der Waals surface area (Å²) < 4.78 is 5.76. The van der Waals surface area contributed by atoms with E-state index in [2.05, 4.69) is 34.3 Å². The number of rotatable bonds is 3. The molecule has 6 heteroatoms. The fourth-order valence-electron chi connectivity index (χ4n) is 2.82. The molecule has 3 rings (SSSR count). The number of nitrogens with one attached hydrogen (secondary N) is 1. The van der Waals surface area contributed by atoms with Gasteiger partial charge in [0.1, 0.15) is 0 Å². The summed E-state index contributed by atoms with van der Waals surface area (Å²) in [5, 5.41) is 12.4. The van der Waals surface area contributed by atoms with Crippen LogP contribution in [0.25, 0.3) is 11.5 Å². The molecule has 1 aliphatic rings. The molecule has 0 radical (unpaired) electrons. The van der Waals surface area contributed by atoms with E-state index in [1.165, 1.54) is 0 Å². The van der Waals surface area contributed by atoms with Gasteiger partial charge < -0.3 is 9.73 Å². The molecule has 1 aliphatic heterocycles. The van der Waals surface area contributed by atoms with Gasteiger partial charge in [0.25, 0.3) is 0 Å². The third-order valence-corrected chi connectivity index (χ3v) is 3.89. The lowest BCUT2D eigenvalue weighted by atomic mass is 10.1. The predicted octanol–water partition coefficient (Wildman–Crippen LogP) is 2.57. The molecule has 2 unspecified atom stereocenters. The van der Waals surface area contributed by atoms with Gasteiger partial charge in [-0.15, -0.1) is 10.2 Å². The van der Waals surface area contributed by atoms with Crippen molar-refractivity contribution in [3.63, 3.8) is 0 Å². The summed E-state index contributed by atoms with van der Waals surface area (Å²) in [6.07, 6.45) is 0. The van der Waals surface area contributed by atoms with E-state index in [1.54, 1.807) is 0 Å². The van der Waals surface area contributed by atoms with Gasteiger partial charge in [-0.1, -0.05) is 23.7 Å². The molecule has 1 fully saturated rings. The quantitative estimate of drug-likeness (QED) is 0.944. The second kappa shape index (κ2) is 6.13. The van der Waals surface area contributed by atoms with Crippen molar-refractivity contribution in [3.05, 3.63) is 35.2 Å². The van der Waals surface area contributed by atoms with Gasteiger partial charge in [-0.2, -0.15) is 0 Å². The predicted molar refractivity (Wildman–Crippen MR) is 82.1 cm³/mol. The van der Waals surface area contributed by atoms with Crippen LogP contribution in [-0.2, 0) is 6.54 Å². The molecule has 1 aromatic carbocycles. The number of benzene rings is 1. The summed E-state index contributed by atoms with van der Waals surface area (Å²) in [5.41, 5.74) is 0.778. The number of hydrogen-bond donors (Lipinski definition) is 1. The molecule has 5 nitrogen and oxygen atoms in total. The fraction of sp³-hybridized carbons (Fsp3) is 0.467. The van der Waals surface area contributed by atoms with Crippen molar-refractivity contribution in [1.82, 2.24) is 20.4 Å². The first-order valence-corrected chi connectivity index (χ1v) is 7.55. The van der Waals surface area contributed by atoms with Crippen molar-refractivity contribution >= 4 is 11.6 Å². The van der Waals surface area contributed by atoms with Crippen molar-refractivity contribution in [2.75, 3.05) is 13.1 Å². The second-order valence-corrected chi connectivity index (χ2v) is 6.05. The molecule has 0 spiro atoms. The zero-order valence-electron chi connectivity index (χ0n) is 12.2. The van der Waals surface area contributed by atoms with Crippen LogP contribution in [0.5, 0.6) is 0 Å². The Labute approximate surface area is 129 Å². The summed E-state index contributed by atoms with van der Waals surface area (Å²) in [6.45, 7) is 7.01. The van der Waals surface area contributed by atoms with Crippen LogP contribution in [0.3, 0.4) is 0 Å². The Balaban J connectivity index is 1.72. The number of aromatic nitrogens is 2. The molecule has 2 aromatic rings. The van der Waals surface area contributed by atoms with Gasteiger partial charge in [-0.05, 0) is 26.0 Å². The van der Waals surface area contributed by atoms with Crippen LogP contribution in [0, 0.1) is 0 Å². The van der Waals surface area contributed by atoms with E-state index in [1.807, 2.05) is 24.3 Å². The maximum Gasteiger partial charge on any atom is 0.249 e. The Kier molecular flexibility index (Phi) is 4.24. The van der Waals surface area contributed by atoms with Gasteiger partial charge in [0.05, 0.1) is 17.1 Å². The largest absolute Gasteiger partial charge is 0.419 e. The minimum Gasteiger partial charge on any atom is -0.419 e. The third kappa shape index (κ3) is 3.43. The SMILES string of the molecule is CC1CN(Cc2nnc(-c3ccccc3Cl)o2)CC(C)N1. The van der Waals surface area contributed by atoms with Crippen molar-refractivity contribution < 1.29 is 4.42 Å². The van der Waals surface area contributed by atoms with Crippen LogP contribution in [0.2, 0.25) is 5.02 Å². The zero-order chi connectivity index (χ0) is 14.8. The highest BCUT2D eigenvalue weighted by atomic mass is 35.5. The monoisotopic (exact) mass is 306 g/mol. The molecular weight excluding hydrogens is 288 g/mol. The minimum absolute atomic E-state index is 0.472. The molecule has 112 valence electrons. The van der Waals surface area contributed by atoms with Gasteiger partial charge in [-0.3, -0.25) is 4.90 Å². The highest BCUT2D eigenvalue weighted by Crippen LogP contribution is 2.26. The maximum absolute atomic E-state index is 6.15. The molecule has 0 amide bonds. The normalized spacial score (nSPS) is 23.4. The smallest absolute Gasteiger partial charge is 0.249 e. The van der Waals surface area contributed by atoms with Crippen molar-refractivity contribution in [1.29, 1.82) is 0 Å². The van der Waals surface area contributed by atoms with E-state index in [-0.39, 0.29) is 0 Å². The lowest BCUT2D eigenvalue weighted by Crippen LogP contribution is -2.53. The Morgan fingerprint density at radius 3 is 2.67 bits per heavy atom. The Bertz CT molecular complexity index is 605. The van der Waals surface area contributed by atoms with Crippen LogP contribution >= 0.6 is 11.6 Å². The molecule has 0 saturated carbocycles. The molecule has 1 saturated heterocycles. The molecule has 21 heavy (non-hydrogen) atoms. The number of piperazine rings is 1. The highest BCUT2D eigenvalue weighted by Gasteiger charge is 2.22. The first kappa shape index (κ1) is 14.5. The van der Waals surface area contributed by atoms with Crippen LogP contribution in [0.4, 0.5) is 0 Å². The summed E-state index contributed by atoms with van der Waals surface area (Å²) in [4.78, 5) is 2.33. The lowest BCUT2D eigenvalue weighted by molar-refractivity contribution is 0.154. The van der Waals surface area contributed by atoms with E-state index in [4.69, 9.17) is 16.0 Å². The fourth-order valence-corrected chi connectivity index (χ4v) is 3.04. The van der Waals surface area contributed by atoms with Crippen molar-refractivity contribution in [3.8, 4) is 11.5 Å². The molecule has 1 aromatic heterocycles. The summed E-state index contributed by atoms with van der Waals surface area (Å²) in [6, 6.07) is 8.44. The summed E-state index contributed by atoms with van der Waals surface area (Å²) >= 11 is 6.15. The standard InChI is InChI=1S/C15H19ClN4O/c1-10-7-20(8-11(2)17-10)9-14-18-19-15(21-14)12-5-3-4-6-13(12)16/h3-6,10-11,17H,7-9H2,1-2H3. The first-order valence-electron chi connectivity index (χ1n) is 7.17. The van der Waals surface area contributed by atoms with Gasteiger partial charge in [-0.25, -0.2) is 0 Å². The van der Waals surface area contributed by atoms with Gasteiger partial charge >= 0.3 is 0 Å². The van der Waals surface area contributed by atoms with Crippen LogP contribution < -0.4 is 5.32 Å². The van der Waals surface area contributed by atoms with E-state index in [9.17, 15) is 0 Å². The molecule has 0 aliphatic carbocycles. The van der Waals surface area contributed by atoms with Crippen molar-refractivity contribution in [2.45, 2.75) is 32.5 Å². The number of halogens is 1. The number of hydrogen-bond acceptors (Lipinski definition) is 5. The van der Waals surface area contributed by atoms with Gasteiger partial charge in [0.2, 0.25) is 11.8 Å². The Morgan fingerprint density at radius 2 is 1.95 bits per heavy atom. The molecule has 2 heterocycles. The second-order valence-electron chi connectivity index (χ2n) is 5.64. The minimum atomic E-state index is 0.472. The van der Waals surface area contributed by atoms with E-state index in [0.29, 0.717) is 35.4 Å². The molecule has 0 bridgehead atoms. The Hall–Kier alpha value is -1.43. The van der Waals surface area contributed by atoms with Crippen LogP contribution in [-0.4, -0.2) is 40.3 Å². The van der Waals surface area contributed by atoms with E-state index in [0.717, 1.165) is 18.7 Å². The summed E-state index contributed by atoms with van der Waals surface area (Å²) in [7, 11) is 0. The van der Waals surface area contributed by atoms with E-state index < -0.39 is 0 Å². The molecule has 1 N–H and O–H groups in total. The number of nitrogens with zero attached hydrogens (tertiary/aromatic N) is 3. The van der Waals surface area contributed by atoms with E-state index >= 15 is 0 Å². The maximum atomic E-state index is 6.15. The third-order valence-electron chi connectivity index (χ3n) is 3.56. The first-order chi connectivity index (χ1) is 10.1. The van der Waals surface area contributed by atoms with Crippen molar-refractivity contribution in [2.24, 2.45) is 0 Å².